The first-order chi connectivity index (χ1) is 16.6. The summed E-state index contributed by atoms with van der Waals surface area (Å²) in [6.07, 6.45) is 18.4. The van der Waals surface area contributed by atoms with Crippen LogP contribution in [0.1, 0.15) is 38.5 Å². The number of aromatic nitrogens is 3. The lowest BCUT2D eigenvalue weighted by atomic mass is 9.91. The van der Waals surface area contributed by atoms with Gasteiger partial charge in [0.2, 0.25) is 5.95 Å². The fraction of sp³-hybridized carbons (Fsp3) is 0.519. The van der Waals surface area contributed by atoms with Crippen molar-refractivity contribution in [2.45, 2.75) is 56.7 Å². The highest BCUT2D eigenvalue weighted by Crippen LogP contribution is 2.27. The second kappa shape index (κ2) is 10.2. The number of hydrogen-bond acceptors (Lipinski definition) is 6. The van der Waals surface area contributed by atoms with Gasteiger partial charge in [-0.3, -0.25) is 19.2 Å². The predicted molar refractivity (Wildman–Crippen MR) is 137 cm³/mol. The van der Waals surface area contributed by atoms with E-state index in [1.807, 2.05) is 19.2 Å². The Morgan fingerprint density at radius 1 is 1.15 bits per heavy atom. The molecule has 1 saturated heterocycles. The average molecular weight is 461 g/mol. The monoisotopic (exact) mass is 460 g/mol. The molecule has 7 nitrogen and oxygen atoms in total. The Morgan fingerprint density at radius 2 is 1.94 bits per heavy atom. The third-order valence-corrected chi connectivity index (χ3v) is 7.73. The van der Waals surface area contributed by atoms with Crippen LogP contribution in [-0.4, -0.2) is 64.2 Å². The van der Waals surface area contributed by atoms with Crippen molar-refractivity contribution in [3.8, 4) is 11.3 Å². The van der Waals surface area contributed by atoms with Gasteiger partial charge in [0.25, 0.3) is 5.56 Å². The van der Waals surface area contributed by atoms with Crippen LogP contribution in [0.25, 0.3) is 11.3 Å². The minimum absolute atomic E-state index is 0.0442. The molecule has 3 heterocycles. The summed E-state index contributed by atoms with van der Waals surface area (Å²) < 4.78 is 1.66. The molecule has 5 rings (SSSR count). The van der Waals surface area contributed by atoms with Crippen LogP contribution in [-0.2, 0) is 7.05 Å². The van der Waals surface area contributed by atoms with Crippen LogP contribution in [0, 0.1) is 0 Å². The van der Waals surface area contributed by atoms with Gasteiger partial charge >= 0.3 is 0 Å². The highest BCUT2D eigenvalue weighted by atomic mass is 16.1. The predicted octanol–water partition coefficient (Wildman–Crippen LogP) is 3.14. The van der Waals surface area contributed by atoms with E-state index >= 15 is 0 Å². The Labute approximate surface area is 202 Å². The number of nitrogens with one attached hydrogen (secondary N) is 1. The maximum Gasteiger partial charge on any atom is 0.255 e. The minimum atomic E-state index is -0.0442. The molecule has 0 amide bonds. The smallest absolute Gasteiger partial charge is 0.255 e. The molecule has 2 aromatic rings. The van der Waals surface area contributed by atoms with Gasteiger partial charge in [0.1, 0.15) is 0 Å². The fourth-order valence-electron chi connectivity index (χ4n) is 5.58. The molecule has 2 aliphatic carbocycles. The second-order valence-electron chi connectivity index (χ2n) is 9.85. The first-order valence-electron chi connectivity index (χ1n) is 12.7. The summed E-state index contributed by atoms with van der Waals surface area (Å²) in [5.74, 6) is 0.723. The van der Waals surface area contributed by atoms with Gasteiger partial charge in [0.15, 0.2) is 0 Å². The molecule has 1 aliphatic heterocycles. The van der Waals surface area contributed by atoms with Gasteiger partial charge in [0, 0.05) is 68.8 Å². The highest BCUT2D eigenvalue weighted by molar-refractivity contribution is 5.59. The molecule has 0 spiro atoms. The van der Waals surface area contributed by atoms with E-state index in [1.165, 1.54) is 37.7 Å². The van der Waals surface area contributed by atoms with Crippen molar-refractivity contribution in [1.82, 2.24) is 24.8 Å². The van der Waals surface area contributed by atoms with Crippen molar-refractivity contribution in [1.29, 1.82) is 0 Å². The zero-order valence-electron chi connectivity index (χ0n) is 20.4. The maximum absolute atomic E-state index is 12.7. The van der Waals surface area contributed by atoms with E-state index < -0.39 is 0 Å². The van der Waals surface area contributed by atoms with Gasteiger partial charge in [-0.25, -0.2) is 4.98 Å². The van der Waals surface area contributed by atoms with E-state index in [-0.39, 0.29) is 11.6 Å². The molecule has 0 aromatic carbocycles. The van der Waals surface area contributed by atoms with Crippen LogP contribution < -0.4 is 15.8 Å². The van der Waals surface area contributed by atoms with E-state index in [4.69, 9.17) is 4.98 Å². The molecule has 0 bridgehead atoms. The quantitative estimate of drug-likeness (QED) is 0.740. The second-order valence-corrected chi connectivity index (χ2v) is 9.85. The summed E-state index contributed by atoms with van der Waals surface area (Å²) in [5, 5.41) is 3.68. The first-order valence-corrected chi connectivity index (χ1v) is 12.7. The lowest BCUT2D eigenvalue weighted by Gasteiger charge is -2.39. The van der Waals surface area contributed by atoms with Gasteiger partial charge in [0.05, 0.1) is 5.69 Å². The third kappa shape index (κ3) is 4.86. The van der Waals surface area contributed by atoms with Crippen LogP contribution in [0.3, 0.4) is 0 Å². The molecule has 7 heteroatoms. The summed E-state index contributed by atoms with van der Waals surface area (Å²) in [7, 11) is 4.11. The van der Waals surface area contributed by atoms with Gasteiger partial charge < -0.3 is 10.2 Å². The maximum atomic E-state index is 12.7. The number of piperazine rings is 1. The van der Waals surface area contributed by atoms with Crippen molar-refractivity contribution < 1.29 is 0 Å². The summed E-state index contributed by atoms with van der Waals surface area (Å²) in [4.78, 5) is 26.5. The van der Waals surface area contributed by atoms with Gasteiger partial charge in [-0.2, -0.15) is 0 Å². The number of hydrogen-bond donors (Lipinski definition) is 1. The van der Waals surface area contributed by atoms with Crippen LogP contribution in [0.2, 0.25) is 0 Å². The topological polar surface area (TPSA) is 66.3 Å². The van der Waals surface area contributed by atoms with Crippen LogP contribution in [0.5, 0.6) is 0 Å². The van der Waals surface area contributed by atoms with Crippen molar-refractivity contribution in [2.75, 3.05) is 31.6 Å². The Balaban J connectivity index is 1.29. The zero-order chi connectivity index (χ0) is 23.5. The van der Waals surface area contributed by atoms with Crippen molar-refractivity contribution >= 4 is 5.95 Å². The van der Waals surface area contributed by atoms with E-state index in [1.54, 1.807) is 23.0 Å². The summed E-state index contributed by atoms with van der Waals surface area (Å²) >= 11 is 0. The largest absolute Gasteiger partial charge is 0.339 e. The number of nitrogens with zero attached hydrogens (tertiary/aromatic N) is 5. The molecule has 34 heavy (non-hydrogen) atoms. The SMILES string of the molecule is CN(C1C=CC([C@H]2CN(c3nc(-c4ccncc4)cc(=O)n3C)CCN2)=CC1)C1CCCCC1. The molecule has 1 saturated carbocycles. The number of anilines is 1. The van der Waals surface area contributed by atoms with Gasteiger partial charge in [-0.05, 0) is 44.0 Å². The van der Waals surface area contributed by atoms with Crippen molar-refractivity contribution in [3.05, 3.63) is 64.7 Å². The molecule has 3 aliphatic rings. The van der Waals surface area contributed by atoms with Crippen LogP contribution in [0.15, 0.2) is 59.2 Å². The fourth-order valence-corrected chi connectivity index (χ4v) is 5.58. The van der Waals surface area contributed by atoms with Crippen LogP contribution >= 0.6 is 0 Å². The van der Waals surface area contributed by atoms with Gasteiger partial charge in [-0.15, -0.1) is 0 Å². The lowest BCUT2D eigenvalue weighted by Crippen LogP contribution is -2.53. The third-order valence-electron chi connectivity index (χ3n) is 7.73. The Morgan fingerprint density at radius 3 is 2.68 bits per heavy atom. The van der Waals surface area contributed by atoms with E-state index in [9.17, 15) is 4.79 Å². The Hall–Kier alpha value is -2.77. The first kappa shape index (κ1) is 23.0. The summed E-state index contributed by atoms with van der Waals surface area (Å²) in [6.45, 7) is 2.47. The molecule has 2 aromatic heterocycles. The van der Waals surface area contributed by atoms with E-state index in [0.29, 0.717) is 11.7 Å². The van der Waals surface area contributed by atoms with Crippen molar-refractivity contribution in [3.63, 3.8) is 0 Å². The normalized spacial score (nSPS) is 23.9. The Kier molecular flexibility index (Phi) is 6.92. The van der Waals surface area contributed by atoms with Crippen molar-refractivity contribution in [2.24, 2.45) is 7.05 Å². The zero-order valence-corrected chi connectivity index (χ0v) is 20.4. The molecule has 2 atom stereocenters. The standard InChI is InChI=1S/C27H36N6O/c1-31(22-6-4-3-5-7-22)23-10-8-20(9-11-23)25-19-33(17-16-29-25)27-30-24(18-26(34)32(27)2)21-12-14-28-15-13-21/h8-10,12-15,18,22-23,25,29H,3-7,11,16-17,19H2,1-2H3/t23?,25-/m1/s1. The average Bonchev–Trinajstić information content (AvgIpc) is 2.91. The van der Waals surface area contributed by atoms with Gasteiger partial charge in [-0.1, -0.05) is 37.5 Å². The summed E-state index contributed by atoms with van der Waals surface area (Å²) in [5.41, 5.74) is 2.90. The molecule has 1 unspecified atom stereocenters. The number of rotatable bonds is 5. The number of likely N-dealkylation sites (N-methyl/N-ethyl adjacent to an activating group) is 1. The Bertz CT molecular complexity index is 1100. The molecule has 1 N–H and O–H groups in total. The molecular weight excluding hydrogens is 424 g/mol. The van der Waals surface area contributed by atoms with E-state index in [2.05, 4.69) is 45.4 Å². The van der Waals surface area contributed by atoms with E-state index in [0.717, 1.165) is 43.6 Å². The highest BCUT2D eigenvalue weighted by Gasteiger charge is 2.28. The summed E-state index contributed by atoms with van der Waals surface area (Å²) in [6, 6.07) is 6.84. The molecule has 2 fully saturated rings. The molecule has 180 valence electrons. The molecule has 0 radical (unpaired) electrons. The molecular formula is C27H36N6O. The van der Waals surface area contributed by atoms with Crippen LogP contribution in [0.4, 0.5) is 5.95 Å². The lowest BCUT2D eigenvalue weighted by molar-refractivity contribution is 0.160. The number of pyridine rings is 1. The minimum Gasteiger partial charge on any atom is -0.339 e.